The zero-order chi connectivity index (χ0) is 18.1. The average molecular weight is 347 g/mol. The molecule has 0 unspecified atom stereocenters. The fourth-order valence-corrected chi connectivity index (χ4v) is 4.14. The number of fused-ring (bicyclic) bond motifs is 1. The number of benzene rings is 2. The summed E-state index contributed by atoms with van der Waals surface area (Å²) >= 11 is 0. The Bertz CT molecular complexity index is 973. The largest absolute Gasteiger partial charge is 0.233 e. The quantitative estimate of drug-likeness (QED) is 0.632. The molecule has 0 aliphatic heterocycles. The predicted molar refractivity (Wildman–Crippen MR) is 101 cm³/mol. The van der Waals surface area contributed by atoms with Gasteiger partial charge >= 0.3 is 0 Å². The summed E-state index contributed by atoms with van der Waals surface area (Å²) in [6.45, 7) is 2.09. The van der Waals surface area contributed by atoms with Crippen molar-refractivity contribution in [2.75, 3.05) is 0 Å². The normalized spacial score (nSPS) is 16.5. The van der Waals surface area contributed by atoms with E-state index in [1.807, 2.05) is 4.68 Å². The minimum absolute atomic E-state index is 0.257. The average Bonchev–Trinajstić information content (AvgIpc) is 3.07. The highest BCUT2D eigenvalue weighted by Gasteiger charge is 2.34. The molecule has 4 heteroatoms. The van der Waals surface area contributed by atoms with Crippen molar-refractivity contribution in [2.24, 2.45) is 0 Å². The molecule has 1 saturated carbocycles. The van der Waals surface area contributed by atoms with E-state index in [1.54, 1.807) is 12.1 Å². The van der Waals surface area contributed by atoms with Crippen LogP contribution in [0.2, 0.25) is 0 Å². The lowest BCUT2D eigenvalue weighted by atomic mass is 9.70. The summed E-state index contributed by atoms with van der Waals surface area (Å²) in [4.78, 5) is 0. The van der Waals surface area contributed by atoms with Crippen LogP contribution < -0.4 is 0 Å². The van der Waals surface area contributed by atoms with Gasteiger partial charge < -0.3 is 0 Å². The molecule has 1 aliphatic carbocycles. The highest BCUT2D eigenvalue weighted by atomic mass is 19.1. The monoisotopic (exact) mass is 347 g/mol. The number of aryl methyl sites for hydroxylation is 1. The minimum Gasteiger partial charge on any atom is -0.233 e. The smallest absolute Gasteiger partial charge is 0.123 e. The molecule has 1 fully saturated rings. The first-order valence-corrected chi connectivity index (χ1v) is 9.36. The molecule has 4 rings (SSSR count). The van der Waals surface area contributed by atoms with Crippen LogP contribution in [-0.2, 0) is 11.8 Å². The number of halogens is 1. The Labute approximate surface area is 153 Å². The van der Waals surface area contributed by atoms with E-state index in [0.29, 0.717) is 0 Å². The third-order valence-electron chi connectivity index (χ3n) is 5.64. The second-order valence-corrected chi connectivity index (χ2v) is 7.17. The highest BCUT2D eigenvalue weighted by Crippen LogP contribution is 2.40. The van der Waals surface area contributed by atoms with Crippen molar-refractivity contribution in [3.63, 3.8) is 0 Å². The Morgan fingerprint density at radius 2 is 1.85 bits per heavy atom. The van der Waals surface area contributed by atoms with Crippen molar-refractivity contribution in [2.45, 2.75) is 50.9 Å². The van der Waals surface area contributed by atoms with E-state index in [0.717, 1.165) is 60.0 Å². The summed E-state index contributed by atoms with van der Waals surface area (Å²) in [7, 11) is 0. The van der Waals surface area contributed by atoms with Gasteiger partial charge in [0.25, 0.3) is 0 Å². The maximum absolute atomic E-state index is 13.3. The number of aromatic nitrogens is 2. The molecule has 0 atom stereocenters. The van der Waals surface area contributed by atoms with E-state index in [2.05, 4.69) is 31.2 Å². The molecule has 3 aromatic rings. The number of hydrogen-bond acceptors (Lipinski definition) is 2. The molecule has 1 aliphatic rings. The Kier molecular flexibility index (Phi) is 4.24. The molecular weight excluding hydrogens is 325 g/mol. The van der Waals surface area contributed by atoms with Crippen molar-refractivity contribution in [3.8, 4) is 11.8 Å². The van der Waals surface area contributed by atoms with E-state index in [9.17, 15) is 9.65 Å². The molecule has 26 heavy (non-hydrogen) atoms. The molecule has 1 heterocycles. The first-order chi connectivity index (χ1) is 12.7. The molecular formula is C22H22FN3. The van der Waals surface area contributed by atoms with Gasteiger partial charge in [-0.2, -0.15) is 10.4 Å². The van der Waals surface area contributed by atoms with Gasteiger partial charge in [-0.3, -0.25) is 0 Å². The number of nitriles is 1. The van der Waals surface area contributed by atoms with Crippen LogP contribution in [0.3, 0.4) is 0 Å². The number of rotatable bonds is 3. The van der Waals surface area contributed by atoms with Crippen LogP contribution in [0, 0.1) is 17.1 Å². The third-order valence-corrected chi connectivity index (χ3v) is 5.64. The van der Waals surface area contributed by atoms with Gasteiger partial charge in [-0.1, -0.05) is 38.3 Å². The lowest BCUT2D eigenvalue weighted by Gasteiger charge is -2.31. The third kappa shape index (κ3) is 2.68. The molecule has 0 bridgehead atoms. The topological polar surface area (TPSA) is 41.6 Å². The zero-order valence-electron chi connectivity index (χ0n) is 15.0. The van der Waals surface area contributed by atoms with Crippen LogP contribution >= 0.6 is 0 Å². The molecule has 0 spiro atoms. The van der Waals surface area contributed by atoms with Gasteiger partial charge in [-0.05, 0) is 55.2 Å². The van der Waals surface area contributed by atoms with E-state index in [4.69, 9.17) is 5.10 Å². The van der Waals surface area contributed by atoms with Crippen molar-refractivity contribution in [1.82, 2.24) is 9.78 Å². The summed E-state index contributed by atoms with van der Waals surface area (Å²) in [6, 6.07) is 15.3. The SMILES string of the molecule is CCc1nn(-c2ccc(F)cc2)c2cc(C3(C#N)CCCCC3)ccc12. The summed E-state index contributed by atoms with van der Waals surface area (Å²) < 4.78 is 15.2. The van der Waals surface area contributed by atoms with Gasteiger partial charge in [0.2, 0.25) is 0 Å². The molecule has 0 amide bonds. The standard InChI is InChI=1S/C22H22FN3/c1-2-20-19-11-6-16(22(15-24)12-4-3-5-13-22)14-21(19)26(25-20)18-9-7-17(23)8-10-18/h6-11,14H,2-5,12-13H2,1H3. The molecule has 3 nitrogen and oxygen atoms in total. The molecule has 0 N–H and O–H groups in total. The van der Waals surface area contributed by atoms with Gasteiger partial charge in [0, 0.05) is 5.39 Å². The van der Waals surface area contributed by atoms with Crippen LogP contribution in [0.25, 0.3) is 16.6 Å². The first kappa shape index (κ1) is 16.8. The van der Waals surface area contributed by atoms with E-state index in [1.165, 1.54) is 18.6 Å². The molecule has 0 saturated heterocycles. The summed E-state index contributed by atoms with van der Waals surface area (Å²) in [5.74, 6) is -0.257. The predicted octanol–water partition coefficient (Wildman–Crippen LogP) is 5.45. The van der Waals surface area contributed by atoms with Crippen molar-refractivity contribution in [1.29, 1.82) is 5.26 Å². The summed E-state index contributed by atoms with van der Waals surface area (Å²) in [5.41, 5.74) is 3.54. The van der Waals surface area contributed by atoms with E-state index < -0.39 is 5.41 Å². The number of hydrogen-bond donors (Lipinski definition) is 0. The van der Waals surface area contributed by atoms with Crippen LogP contribution in [0.4, 0.5) is 4.39 Å². The molecule has 0 radical (unpaired) electrons. The second-order valence-electron chi connectivity index (χ2n) is 7.17. The number of nitrogens with zero attached hydrogens (tertiary/aromatic N) is 3. The Hall–Kier alpha value is -2.67. The maximum atomic E-state index is 13.3. The van der Waals surface area contributed by atoms with Gasteiger partial charge in [0.1, 0.15) is 5.82 Å². The van der Waals surface area contributed by atoms with Crippen LogP contribution in [0.5, 0.6) is 0 Å². The van der Waals surface area contributed by atoms with Gasteiger partial charge in [-0.15, -0.1) is 0 Å². The van der Waals surface area contributed by atoms with Gasteiger partial charge in [0.05, 0.1) is 28.4 Å². The summed E-state index contributed by atoms with van der Waals surface area (Å²) in [5, 5.41) is 15.8. The summed E-state index contributed by atoms with van der Waals surface area (Å²) in [6.07, 6.45) is 6.07. The lowest BCUT2D eigenvalue weighted by Crippen LogP contribution is -2.27. The molecule has 2 aromatic carbocycles. The highest BCUT2D eigenvalue weighted by molar-refractivity contribution is 5.84. The molecule has 132 valence electrons. The first-order valence-electron chi connectivity index (χ1n) is 9.36. The fraction of sp³-hybridized carbons (Fsp3) is 0.364. The fourth-order valence-electron chi connectivity index (χ4n) is 4.14. The maximum Gasteiger partial charge on any atom is 0.123 e. The Morgan fingerprint density at radius 1 is 1.12 bits per heavy atom. The van der Waals surface area contributed by atoms with E-state index in [-0.39, 0.29) is 5.82 Å². The van der Waals surface area contributed by atoms with Crippen LogP contribution in [-0.4, -0.2) is 9.78 Å². The van der Waals surface area contributed by atoms with Crippen molar-refractivity contribution in [3.05, 3.63) is 59.5 Å². The van der Waals surface area contributed by atoms with Crippen LogP contribution in [0.1, 0.15) is 50.3 Å². The lowest BCUT2D eigenvalue weighted by molar-refractivity contribution is 0.366. The zero-order valence-corrected chi connectivity index (χ0v) is 15.0. The van der Waals surface area contributed by atoms with Gasteiger partial charge in [-0.25, -0.2) is 9.07 Å². The van der Waals surface area contributed by atoms with Crippen molar-refractivity contribution >= 4 is 10.9 Å². The van der Waals surface area contributed by atoms with Gasteiger partial charge in [0.15, 0.2) is 0 Å². The second kappa shape index (κ2) is 6.57. The van der Waals surface area contributed by atoms with Crippen LogP contribution in [0.15, 0.2) is 42.5 Å². The van der Waals surface area contributed by atoms with Crippen molar-refractivity contribution < 1.29 is 4.39 Å². The Balaban J connectivity index is 1.90. The van der Waals surface area contributed by atoms with E-state index >= 15 is 0 Å². The Morgan fingerprint density at radius 3 is 2.50 bits per heavy atom. The minimum atomic E-state index is -0.392. The molecule has 1 aromatic heterocycles.